The zero-order valence-corrected chi connectivity index (χ0v) is 6.56. The molecule has 0 amide bonds. The number of ketones is 1. The van der Waals surface area contributed by atoms with Crippen LogP contribution >= 0.6 is 0 Å². The summed E-state index contributed by atoms with van der Waals surface area (Å²) in [5.74, 6) is 0.611. The molecule has 0 aromatic rings. The maximum absolute atomic E-state index is 10.8. The van der Waals surface area contributed by atoms with E-state index in [9.17, 15) is 4.79 Å². The first kappa shape index (κ1) is 8.63. The standard InChI is InChI=1S/C7H15NO/c1-5(2)7(8-4)6(3)9/h5,7-8H,1-4H3. The second-order valence-electron chi connectivity index (χ2n) is 2.62. The lowest BCUT2D eigenvalue weighted by Gasteiger charge is -2.15. The molecule has 2 nitrogen and oxygen atoms in total. The Morgan fingerprint density at radius 1 is 1.44 bits per heavy atom. The quantitative estimate of drug-likeness (QED) is 0.611. The van der Waals surface area contributed by atoms with Gasteiger partial charge in [0.2, 0.25) is 0 Å². The number of carbonyl (C=O) groups is 1. The highest BCUT2D eigenvalue weighted by molar-refractivity contribution is 5.81. The fourth-order valence-electron chi connectivity index (χ4n) is 1.01. The summed E-state index contributed by atoms with van der Waals surface area (Å²) in [7, 11) is 1.81. The molecule has 1 N–H and O–H groups in total. The highest BCUT2D eigenvalue weighted by Crippen LogP contribution is 2.00. The Morgan fingerprint density at radius 2 is 1.89 bits per heavy atom. The van der Waals surface area contributed by atoms with E-state index >= 15 is 0 Å². The van der Waals surface area contributed by atoms with Crippen molar-refractivity contribution in [1.82, 2.24) is 5.32 Å². The van der Waals surface area contributed by atoms with Gasteiger partial charge < -0.3 is 5.32 Å². The molecule has 0 aliphatic carbocycles. The Morgan fingerprint density at radius 3 is 1.89 bits per heavy atom. The van der Waals surface area contributed by atoms with E-state index in [1.807, 2.05) is 20.9 Å². The molecule has 0 heterocycles. The van der Waals surface area contributed by atoms with Crippen LogP contribution in [0.25, 0.3) is 0 Å². The molecule has 2 heteroatoms. The fourth-order valence-corrected chi connectivity index (χ4v) is 1.01. The Bertz CT molecular complexity index is 99.1. The molecule has 0 aliphatic rings. The fraction of sp³-hybridized carbons (Fsp3) is 0.857. The molecule has 9 heavy (non-hydrogen) atoms. The van der Waals surface area contributed by atoms with Gasteiger partial charge in [-0.25, -0.2) is 0 Å². The molecule has 0 aromatic heterocycles. The van der Waals surface area contributed by atoms with Gasteiger partial charge in [0, 0.05) is 0 Å². The molecule has 0 bridgehead atoms. The lowest BCUT2D eigenvalue weighted by atomic mass is 10.0. The van der Waals surface area contributed by atoms with Gasteiger partial charge in [0.25, 0.3) is 0 Å². The highest BCUT2D eigenvalue weighted by Gasteiger charge is 2.14. The van der Waals surface area contributed by atoms with Gasteiger partial charge >= 0.3 is 0 Å². The molecule has 1 unspecified atom stereocenters. The van der Waals surface area contributed by atoms with Crippen molar-refractivity contribution >= 4 is 5.78 Å². The second kappa shape index (κ2) is 3.62. The first-order chi connectivity index (χ1) is 4.09. The van der Waals surface area contributed by atoms with E-state index in [2.05, 4.69) is 5.32 Å². The van der Waals surface area contributed by atoms with Crippen molar-refractivity contribution in [2.24, 2.45) is 5.92 Å². The number of carbonyl (C=O) groups excluding carboxylic acids is 1. The lowest BCUT2D eigenvalue weighted by molar-refractivity contribution is -0.119. The van der Waals surface area contributed by atoms with E-state index < -0.39 is 0 Å². The Balaban J connectivity index is 3.83. The second-order valence-corrected chi connectivity index (χ2v) is 2.62. The molecule has 54 valence electrons. The average molecular weight is 129 g/mol. The van der Waals surface area contributed by atoms with Crippen LogP contribution in [0.4, 0.5) is 0 Å². The van der Waals surface area contributed by atoms with Gasteiger partial charge in [0.15, 0.2) is 0 Å². The summed E-state index contributed by atoms with van der Waals surface area (Å²) < 4.78 is 0. The van der Waals surface area contributed by atoms with Crippen LogP contribution in [-0.2, 0) is 4.79 Å². The monoisotopic (exact) mass is 129 g/mol. The van der Waals surface area contributed by atoms with Crippen LogP contribution in [-0.4, -0.2) is 18.9 Å². The molecule has 0 aliphatic heterocycles. The van der Waals surface area contributed by atoms with E-state index in [-0.39, 0.29) is 11.8 Å². The normalized spacial score (nSPS) is 13.9. The predicted molar refractivity (Wildman–Crippen MR) is 38.4 cm³/mol. The lowest BCUT2D eigenvalue weighted by Crippen LogP contribution is -2.36. The van der Waals surface area contributed by atoms with Gasteiger partial charge in [-0.15, -0.1) is 0 Å². The van der Waals surface area contributed by atoms with Crippen LogP contribution in [0.1, 0.15) is 20.8 Å². The Hall–Kier alpha value is -0.370. The minimum Gasteiger partial charge on any atom is -0.310 e. The summed E-state index contributed by atoms with van der Waals surface area (Å²) in [5.41, 5.74) is 0. The molecule has 0 saturated heterocycles. The Labute approximate surface area is 56.6 Å². The van der Waals surface area contributed by atoms with Gasteiger partial charge in [-0.3, -0.25) is 4.79 Å². The predicted octanol–water partition coefficient (Wildman–Crippen LogP) is 0.819. The van der Waals surface area contributed by atoms with Crippen molar-refractivity contribution in [2.75, 3.05) is 7.05 Å². The van der Waals surface area contributed by atoms with Gasteiger partial charge in [0.1, 0.15) is 5.78 Å². The average Bonchev–Trinajstić information content (AvgIpc) is 1.64. The molecule has 1 atom stereocenters. The minimum atomic E-state index is 0.0324. The summed E-state index contributed by atoms with van der Waals surface area (Å²) >= 11 is 0. The zero-order chi connectivity index (χ0) is 7.44. The summed E-state index contributed by atoms with van der Waals surface area (Å²) in [6.07, 6.45) is 0. The largest absolute Gasteiger partial charge is 0.310 e. The molecule has 0 spiro atoms. The highest BCUT2D eigenvalue weighted by atomic mass is 16.1. The van der Waals surface area contributed by atoms with Crippen LogP contribution in [0.3, 0.4) is 0 Å². The van der Waals surface area contributed by atoms with E-state index in [1.54, 1.807) is 6.92 Å². The van der Waals surface area contributed by atoms with E-state index in [1.165, 1.54) is 0 Å². The topological polar surface area (TPSA) is 29.1 Å². The third-order valence-corrected chi connectivity index (χ3v) is 1.42. The van der Waals surface area contributed by atoms with Crippen molar-refractivity contribution in [1.29, 1.82) is 0 Å². The number of Topliss-reactive ketones (excluding diaryl/α,β-unsaturated/α-hetero) is 1. The molecular formula is C7H15NO. The van der Waals surface area contributed by atoms with Crippen molar-refractivity contribution in [3.63, 3.8) is 0 Å². The number of hydrogen-bond acceptors (Lipinski definition) is 2. The summed E-state index contributed by atoms with van der Waals surface area (Å²) in [6.45, 7) is 5.67. The number of nitrogens with one attached hydrogen (secondary N) is 1. The molecule has 0 rings (SSSR count). The maximum atomic E-state index is 10.8. The van der Waals surface area contributed by atoms with Crippen LogP contribution in [0.15, 0.2) is 0 Å². The van der Waals surface area contributed by atoms with Gasteiger partial charge in [-0.1, -0.05) is 13.8 Å². The van der Waals surface area contributed by atoms with Crippen LogP contribution in [0.2, 0.25) is 0 Å². The Kier molecular flexibility index (Phi) is 3.47. The van der Waals surface area contributed by atoms with Crippen LogP contribution < -0.4 is 5.32 Å². The third kappa shape index (κ3) is 2.61. The van der Waals surface area contributed by atoms with E-state index in [4.69, 9.17) is 0 Å². The smallest absolute Gasteiger partial charge is 0.146 e. The zero-order valence-electron chi connectivity index (χ0n) is 6.56. The maximum Gasteiger partial charge on any atom is 0.146 e. The first-order valence-electron chi connectivity index (χ1n) is 3.27. The minimum absolute atomic E-state index is 0.0324. The third-order valence-electron chi connectivity index (χ3n) is 1.42. The van der Waals surface area contributed by atoms with Crippen LogP contribution in [0, 0.1) is 5.92 Å². The van der Waals surface area contributed by atoms with Crippen molar-refractivity contribution < 1.29 is 4.79 Å². The van der Waals surface area contributed by atoms with Gasteiger partial charge in [-0.2, -0.15) is 0 Å². The van der Waals surface area contributed by atoms with Gasteiger partial charge in [0.05, 0.1) is 6.04 Å². The molecule has 0 aromatic carbocycles. The van der Waals surface area contributed by atoms with Crippen LogP contribution in [0.5, 0.6) is 0 Å². The molecule has 0 radical (unpaired) electrons. The molecular weight excluding hydrogens is 114 g/mol. The first-order valence-corrected chi connectivity index (χ1v) is 3.27. The van der Waals surface area contributed by atoms with Gasteiger partial charge in [-0.05, 0) is 19.9 Å². The van der Waals surface area contributed by atoms with Crippen molar-refractivity contribution in [3.8, 4) is 0 Å². The van der Waals surface area contributed by atoms with Crippen molar-refractivity contribution in [3.05, 3.63) is 0 Å². The summed E-state index contributed by atoms with van der Waals surface area (Å²) in [4.78, 5) is 10.8. The SMILES string of the molecule is CNC(C(C)=O)C(C)C. The van der Waals surface area contributed by atoms with Crippen molar-refractivity contribution in [2.45, 2.75) is 26.8 Å². The molecule has 0 saturated carbocycles. The molecule has 0 fully saturated rings. The summed E-state index contributed by atoms with van der Waals surface area (Å²) in [5, 5.41) is 2.95. The number of rotatable bonds is 3. The number of likely N-dealkylation sites (N-methyl/N-ethyl adjacent to an activating group) is 1. The number of hydrogen-bond donors (Lipinski definition) is 1. The summed E-state index contributed by atoms with van der Waals surface area (Å²) in [6, 6.07) is 0.0324. The van der Waals surface area contributed by atoms with E-state index in [0.717, 1.165) is 0 Å². The van der Waals surface area contributed by atoms with E-state index in [0.29, 0.717) is 5.92 Å².